The number of rotatable bonds is 4. The van der Waals surface area contributed by atoms with Crippen LogP contribution in [0.15, 0.2) is 53.3 Å². The summed E-state index contributed by atoms with van der Waals surface area (Å²) in [6.07, 6.45) is 3.78. The van der Waals surface area contributed by atoms with Gasteiger partial charge in [-0.1, -0.05) is 6.07 Å². The minimum absolute atomic E-state index is 0.0190. The van der Waals surface area contributed by atoms with E-state index in [2.05, 4.69) is 5.32 Å². The van der Waals surface area contributed by atoms with Crippen molar-refractivity contribution in [2.45, 2.75) is 13.0 Å². The molecule has 0 saturated carbocycles. The van der Waals surface area contributed by atoms with Crippen LogP contribution in [0.4, 0.5) is 5.69 Å². The summed E-state index contributed by atoms with van der Waals surface area (Å²) >= 11 is 0. The zero-order valence-electron chi connectivity index (χ0n) is 13.9. The van der Waals surface area contributed by atoms with Gasteiger partial charge in [0, 0.05) is 37.1 Å². The lowest BCUT2D eigenvalue weighted by Gasteiger charge is -2.15. The van der Waals surface area contributed by atoms with E-state index in [4.69, 9.17) is 4.42 Å². The number of anilines is 1. The average molecular weight is 337 g/mol. The van der Waals surface area contributed by atoms with Crippen molar-refractivity contribution < 1.29 is 14.0 Å². The Balaban J connectivity index is 1.47. The average Bonchev–Trinajstić information content (AvgIpc) is 3.31. The molecule has 1 aliphatic rings. The lowest BCUT2D eigenvalue weighted by molar-refractivity contribution is -0.128. The Morgan fingerprint density at radius 2 is 2.16 bits per heavy atom. The highest BCUT2D eigenvalue weighted by molar-refractivity contribution is 6.03. The maximum Gasteiger partial charge on any atom is 0.229 e. The summed E-state index contributed by atoms with van der Waals surface area (Å²) in [5, 5.41) is 3.98. The van der Waals surface area contributed by atoms with Crippen LogP contribution in [0.3, 0.4) is 0 Å². The van der Waals surface area contributed by atoms with Crippen molar-refractivity contribution in [3.8, 4) is 0 Å². The number of amides is 2. The number of fused-ring (bicyclic) bond motifs is 1. The molecule has 0 aliphatic carbocycles. The van der Waals surface area contributed by atoms with Crippen LogP contribution in [-0.4, -0.2) is 27.8 Å². The molecule has 6 nitrogen and oxygen atoms in total. The van der Waals surface area contributed by atoms with Crippen molar-refractivity contribution in [3.63, 3.8) is 0 Å². The maximum absolute atomic E-state index is 12.6. The van der Waals surface area contributed by atoms with Crippen LogP contribution in [-0.2, 0) is 23.2 Å². The van der Waals surface area contributed by atoms with Gasteiger partial charge >= 0.3 is 0 Å². The number of likely N-dealkylation sites (tertiary alicyclic amines) is 1. The van der Waals surface area contributed by atoms with Gasteiger partial charge in [0.05, 0.1) is 24.4 Å². The molecule has 1 fully saturated rings. The van der Waals surface area contributed by atoms with Gasteiger partial charge in [-0.25, -0.2) is 0 Å². The van der Waals surface area contributed by atoms with Crippen LogP contribution in [0.2, 0.25) is 0 Å². The van der Waals surface area contributed by atoms with Gasteiger partial charge < -0.3 is 19.2 Å². The molecule has 128 valence electrons. The second-order valence-electron chi connectivity index (χ2n) is 6.41. The van der Waals surface area contributed by atoms with Crippen molar-refractivity contribution in [1.82, 2.24) is 9.47 Å². The fourth-order valence-electron chi connectivity index (χ4n) is 3.34. The van der Waals surface area contributed by atoms with Crippen molar-refractivity contribution in [2.24, 2.45) is 13.0 Å². The Hall–Kier alpha value is -3.02. The Morgan fingerprint density at radius 3 is 2.96 bits per heavy atom. The number of nitrogens with zero attached hydrogens (tertiary/aromatic N) is 2. The van der Waals surface area contributed by atoms with Crippen LogP contribution in [0.5, 0.6) is 0 Å². The lowest BCUT2D eigenvalue weighted by atomic mass is 10.1. The smallest absolute Gasteiger partial charge is 0.229 e. The van der Waals surface area contributed by atoms with E-state index in [1.807, 2.05) is 48.1 Å². The molecule has 0 bridgehead atoms. The van der Waals surface area contributed by atoms with Gasteiger partial charge in [-0.05, 0) is 30.3 Å². The van der Waals surface area contributed by atoms with Crippen molar-refractivity contribution in [2.75, 3.05) is 11.9 Å². The monoisotopic (exact) mass is 337 g/mol. The molecule has 0 spiro atoms. The predicted octanol–water partition coefficient (Wildman–Crippen LogP) is 2.76. The summed E-state index contributed by atoms with van der Waals surface area (Å²) < 4.78 is 7.30. The molecule has 3 heterocycles. The number of aromatic nitrogens is 1. The molecule has 3 aromatic rings. The van der Waals surface area contributed by atoms with Crippen LogP contribution < -0.4 is 5.32 Å². The molecule has 1 aliphatic heterocycles. The minimum Gasteiger partial charge on any atom is -0.467 e. The molecule has 1 aromatic carbocycles. The second-order valence-corrected chi connectivity index (χ2v) is 6.41. The molecule has 6 heteroatoms. The van der Waals surface area contributed by atoms with Crippen molar-refractivity contribution in [1.29, 1.82) is 0 Å². The zero-order valence-corrected chi connectivity index (χ0v) is 13.9. The van der Waals surface area contributed by atoms with Gasteiger partial charge in [0.15, 0.2) is 0 Å². The summed E-state index contributed by atoms with van der Waals surface area (Å²) in [7, 11) is 1.97. The lowest BCUT2D eigenvalue weighted by Crippen LogP contribution is -2.27. The molecule has 4 rings (SSSR count). The Morgan fingerprint density at radius 1 is 1.28 bits per heavy atom. The highest BCUT2D eigenvalue weighted by Gasteiger charge is 2.34. The summed E-state index contributed by atoms with van der Waals surface area (Å²) in [6, 6.07) is 11.4. The number of furan rings is 1. The van der Waals surface area contributed by atoms with Gasteiger partial charge in [0.1, 0.15) is 5.76 Å². The first-order valence-corrected chi connectivity index (χ1v) is 8.27. The number of carbonyl (C=O) groups is 2. The number of hydrogen-bond donors (Lipinski definition) is 1. The molecule has 2 aromatic heterocycles. The quantitative estimate of drug-likeness (QED) is 0.796. The Labute approximate surface area is 145 Å². The first-order chi connectivity index (χ1) is 12.1. The van der Waals surface area contributed by atoms with Gasteiger partial charge in [-0.2, -0.15) is 0 Å². The third-order valence-electron chi connectivity index (χ3n) is 4.70. The number of hydrogen-bond acceptors (Lipinski definition) is 3. The fourth-order valence-corrected chi connectivity index (χ4v) is 3.34. The summed E-state index contributed by atoms with van der Waals surface area (Å²) in [5.74, 6) is 0.242. The van der Waals surface area contributed by atoms with E-state index in [0.29, 0.717) is 13.1 Å². The van der Waals surface area contributed by atoms with E-state index in [9.17, 15) is 9.59 Å². The van der Waals surface area contributed by atoms with Crippen LogP contribution in [0.1, 0.15) is 12.2 Å². The van der Waals surface area contributed by atoms with Gasteiger partial charge in [-0.3, -0.25) is 9.59 Å². The van der Waals surface area contributed by atoms with E-state index in [1.54, 1.807) is 17.2 Å². The third-order valence-corrected chi connectivity index (χ3v) is 4.70. The topological polar surface area (TPSA) is 67.5 Å². The molecule has 25 heavy (non-hydrogen) atoms. The van der Waals surface area contributed by atoms with Crippen molar-refractivity contribution in [3.05, 3.63) is 54.6 Å². The highest BCUT2D eigenvalue weighted by atomic mass is 16.3. The number of aryl methyl sites for hydroxylation is 1. The molecule has 1 N–H and O–H groups in total. The van der Waals surface area contributed by atoms with E-state index in [0.717, 1.165) is 22.4 Å². The van der Waals surface area contributed by atoms with Crippen LogP contribution in [0.25, 0.3) is 10.9 Å². The number of benzene rings is 1. The van der Waals surface area contributed by atoms with E-state index < -0.39 is 0 Å². The van der Waals surface area contributed by atoms with Gasteiger partial charge in [0.25, 0.3) is 0 Å². The van der Waals surface area contributed by atoms with E-state index in [-0.39, 0.29) is 24.2 Å². The predicted molar refractivity (Wildman–Crippen MR) is 93.8 cm³/mol. The third kappa shape index (κ3) is 2.91. The standard InChI is InChI=1S/C19H19N3O3/c1-21-8-7-15-16(5-2-6-17(15)21)20-19(24)13-10-18(23)22(11-13)12-14-4-3-9-25-14/h2-9,13H,10-12H2,1H3,(H,20,24). The Bertz CT molecular complexity index is 927. The van der Waals surface area contributed by atoms with Crippen LogP contribution >= 0.6 is 0 Å². The molecule has 1 saturated heterocycles. The Kier molecular flexibility index (Phi) is 3.80. The molecule has 1 unspecified atom stereocenters. The SMILES string of the molecule is Cn1ccc2c(NC(=O)C3CC(=O)N(Cc4ccco4)C3)cccc21. The maximum atomic E-state index is 12.6. The minimum atomic E-state index is -0.346. The first-order valence-electron chi connectivity index (χ1n) is 8.27. The summed E-state index contributed by atoms with van der Waals surface area (Å²) in [4.78, 5) is 26.5. The van der Waals surface area contributed by atoms with Crippen molar-refractivity contribution >= 4 is 28.4 Å². The second kappa shape index (κ2) is 6.12. The first kappa shape index (κ1) is 15.5. The molecule has 2 amide bonds. The largest absolute Gasteiger partial charge is 0.467 e. The number of nitrogens with one attached hydrogen (secondary N) is 1. The summed E-state index contributed by atoms with van der Waals surface area (Å²) in [6.45, 7) is 0.819. The molecule has 0 radical (unpaired) electrons. The molecular formula is C19H19N3O3. The molecule has 1 atom stereocenters. The number of carbonyl (C=O) groups excluding carboxylic acids is 2. The van der Waals surface area contributed by atoms with Gasteiger partial charge in [-0.15, -0.1) is 0 Å². The highest BCUT2D eigenvalue weighted by Crippen LogP contribution is 2.26. The zero-order chi connectivity index (χ0) is 17.4. The molecular weight excluding hydrogens is 318 g/mol. The van der Waals surface area contributed by atoms with Crippen LogP contribution in [0, 0.1) is 5.92 Å². The van der Waals surface area contributed by atoms with E-state index >= 15 is 0 Å². The normalized spacial score (nSPS) is 17.4. The fraction of sp³-hybridized carbons (Fsp3) is 0.263. The van der Waals surface area contributed by atoms with Gasteiger partial charge in [0.2, 0.25) is 11.8 Å². The van der Waals surface area contributed by atoms with E-state index in [1.165, 1.54) is 0 Å². The summed E-state index contributed by atoms with van der Waals surface area (Å²) in [5.41, 5.74) is 1.83.